The van der Waals surface area contributed by atoms with Crippen LogP contribution in [0.4, 0.5) is 0 Å². The van der Waals surface area contributed by atoms with Crippen molar-refractivity contribution in [2.75, 3.05) is 0 Å². The Morgan fingerprint density at radius 3 is 1.89 bits per heavy atom. The maximum absolute atomic E-state index is 11.8. The second-order valence-electron chi connectivity index (χ2n) is 17.1. The van der Waals surface area contributed by atoms with Crippen LogP contribution in [0.15, 0.2) is 164 Å². The third-order valence-electron chi connectivity index (χ3n) is 11.5. The zero-order chi connectivity index (χ0) is 50.8. The SMILES string of the molecule is [2H]C([2H])([2H])C(c1ccc(-c2ccnc(-c3[c-]c(-c4cccc5c4nc(-c4cc(C)cc(C)c4O)n5-c4cc(-c5ccccc5)cc(C(C)(C)C)c4)cc(-c4ccccc4)c3)c2)cc1)(C([2H])([2H])[2H])C([2H])([2H])[2H].[Pt]. The van der Waals surface area contributed by atoms with Crippen LogP contribution in [0.3, 0.4) is 0 Å². The summed E-state index contributed by atoms with van der Waals surface area (Å²) in [5.74, 6) is 0.728. The number of phenolic OH excluding ortho intramolecular Hbond substituents is 1. The number of para-hydroxylation sites is 1. The molecule has 0 saturated heterocycles. The molecule has 4 nitrogen and oxygen atoms in total. The van der Waals surface area contributed by atoms with Crippen molar-refractivity contribution in [2.45, 2.75) is 66.0 Å². The van der Waals surface area contributed by atoms with Crippen molar-refractivity contribution in [1.82, 2.24) is 14.5 Å². The molecule has 7 aromatic carbocycles. The summed E-state index contributed by atoms with van der Waals surface area (Å²) in [6, 6.07) is 54.1. The standard InChI is InChI=1S/C58H52N3O.Pt/c1-37-28-38(2)55(62)51(29-37)56-60-54-50(20-15-21-53(54)61(56)49-34-44(40-18-13-10-14-19-40)33-48(36-49)58(6,7)8)45-30-43(39-16-11-9-12-17-39)31-46(32-45)52-35-42(26-27-59-52)41-22-24-47(25-23-41)57(3,4)5;/h9-31,33-36,62H,1-8H3;/q-1;/i3D3,4D3,5D3;. The predicted molar refractivity (Wildman–Crippen MR) is 259 cm³/mol. The number of rotatable bonds is 7. The van der Waals surface area contributed by atoms with Crippen molar-refractivity contribution in [3.63, 3.8) is 0 Å². The zero-order valence-corrected chi connectivity index (χ0v) is 38.0. The molecule has 316 valence electrons. The topological polar surface area (TPSA) is 50.9 Å². The van der Waals surface area contributed by atoms with Gasteiger partial charge in [0.05, 0.1) is 16.6 Å². The van der Waals surface area contributed by atoms with Crippen molar-refractivity contribution in [3.8, 4) is 78.6 Å². The molecule has 9 rings (SSSR count). The van der Waals surface area contributed by atoms with E-state index in [1.165, 1.54) is 12.1 Å². The average Bonchev–Trinajstić information content (AvgIpc) is 3.71. The fraction of sp³-hybridized carbons (Fsp3) is 0.172. The third kappa shape index (κ3) is 8.70. The normalized spacial score (nSPS) is 14.5. The number of imidazole rings is 1. The molecule has 0 fully saturated rings. The number of fused-ring (bicyclic) bond motifs is 1. The Morgan fingerprint density at radius 1 is 0.571 bits per heavy atom. The van der Waals surface area contributed by atoms with Gasteiger partial charge < -0.3 is 5.11 Å². The molecule has 1 N–H and O–H groups in total. The van der Waals surface area contributed by atoms with Gasteiger partial charge >= 0.3 is 0 Å². The maximum Gasteiger partial charge on any atom is 0.148 e. The van der Waals surface area contributed by atoms with Crippen molar-refractivity contribution in [1.29, 1.82) is 0 Å². The monoisotopic (exact) mass is 1010 g/mol. The number of aryl methyl sites for hydroxylation is 2. The summed E-state index contributed by atoms with van der Waals surface area (Å²) in [6.07, 6.45) is 1.65. The Bertz CT molecular complexity index is 3410. The molecule has 9 aromatic rings. The van der Waals surface area contributed by atoms with E-state index in [1.54, 1.807) is 24.4 Å². The van der Waals surface area contributed by atoms with Crippen LogP contribution in [-0.2, 0) is 31.9 Å². The van der Waals surface area contributed by atoms with Crippen molar-refractivity contribution in [2.24, 2.45) is 0 Å². The molecule has 0 bridgehead atoms. The van der Waals surface area contributed by atoms with Gasteiger partial charge in [-0.05, 0) is 105 Å². The predicted octanol–water partition coefficient (Wildman–Crippen LogP) is 15.1. The minimum absolute atomic E-state index is 0. The Morgan fingerprint density at radius 2 is 1.22 bits per heavy atom. The Balaban J connectivity index is 0.00000693. The number of phenols is 1. The summed E-state index contributed by atoms with van der Waals surface area (Å²) in [7, 11) is 0. The molecule has 0 unspecified atom stereocenters. The number of pyridine rings is 1. The van der Waals surface area contributed by atoms with Crippen LogP contribution in [0, 0.1) is 19.9 Å². The van der Waals surface area contributed by atoms with Gasteiger partial charge in [0.2, 0.25) is 0 Å². The fourth-order valence-corrected chi connectivity index (χ4v) is 8.18. The number of nitrogens with zero attached hydrogens (tertiary/aromatic N) is 3. The largest absolute Gasteiger partial charge is 0.507 e. The zero-order valence-electron chi connectivity index (χ0n) is 44.7. The first-order valence-electron chi connectivity index (χ1n) is 25.2. The van der Waals surface area contributed by atoms with Gasteiger partial charge in [-0.1, -0.05) is 173 Å². The molecule has 63 heavy (non-hydrogen) atoms. The quantitative estimate of drug-likeness (QED) is 0.162. The maximum atomic E-state index is 11.8. The van der Waals surface area contributed by atoms with Crippen LogP contribution in [0.2, 0.25) is 0 Å². The van der Waals surface area contributed by atoms with Crippen LogP contribution in [0.1, 0.15) is 75.9 Å². The van der Waals surface area contributed by atoms with Gasteiger partial charge in [-0.25, -0.2) is 4.98 Å². The Labute approximate surface area is 399 Å². The summed E-state index contributed by atoms with van der Waals surface area (Å²) >= 11 is 0. The van der Waals surface area contributed by atoms with Gasteiger partial charge in [-0.3, -0.25) is 9.55 Å². The Hall–Kier alpha value is -6.35. The molecule has 2 heterocycles. The van der Waals surface area contributed by atoms with Crippen molar-refractivity contribution >= 4 is 11.0 Å². The molecule has 0 saturated carbocycles. The molecule has 0 aliphatic carbocycles. The van der Waals surface area contributed by atoms with E-state index in [9.17, 15) is 5.11 Å². The van der Waals surface area contributed by atoms with Gasteiger partial charge in [0.1, 0.15) is 11.6 Å². The smallest absolute Gasteiger partial charge is 0.148 e. The van der Waals surface area contributed by atoms with E-state index in [0.717, 1.165) is 61.3 Å². The van der Waals surface area contributed by atoms with E-state index in [-0.39, 0.29) is 37.8 Å². The average molecular weight is 1010 g/mol. The first kappa shape index (κ1) is 33.2. The van der Waals surface area contributed by atoms with E-state index in [4.69, 9.17) is 22.3 Å². The first-order chi connectivity index (χ1) is 33.5. The number of hydrogen-bond acceptors (Lipinski definition) is 3. The first-order valence-corrected chi connectivity index (χ1v) is 20.7. The molecule has 0 aliphatic rings. The second-order valence-corrected chi connectivity index (χ2v) is 17.1. The molecule has 0 spiro atoms. The van der Waals surface area contributed by atoms with E-state index < -0.39 is 26.0 Å². The summed E-state index contributed by atoms with van der Waals surface area (Å²) < 4.78 is 75.9. The molecular weight excluding hydrogens is 950 g/mol. The van der Waals surface area contributed by atoms with E-state index in [1.807, 2.05) is 98.8 Å². The van der Waals surface area contributed by atoms with E-state index >= 15 is 0 Å². The molecular formula is C58H52N3OPt-. The number of aromatic nitrogens is 3. The summed E-state index contributed by atoms with van der Waals surface area (Å²) in [5.41, 5.74) is 10.3. The third-order valence-corrected chi connectivity index (χ3v) is 11.5. The van der Waals surface area contributed by atoms with E-state index in [0.29, 0.717) is 39.3 Å². The molecule has 5 heteroatoms. The van der Waals surface area contributed by atoms with Crippen molar-refractivity contribution in [3.05, 3.63) is 192 Å². The molecule has 0 aliphatic heterocycles. The molecule has 0 atom stereocenters. The summed E-state index contributed by atoms with van der Waals surface area (Å²) in [6.45, 7) is 0.389. The second kappa shape index (κ2) is 17.1. The number of aromatic hydroxyl groups is 1. The van der Waals surface area contributed by atoms with Crippen molar-refractivity contribution < 1.29 is 38.5 Å². The van der Waals surface area contributed by atoms with Gasteiger partial charge in [0.15, 0.2) is 0 Å². The number of hydrogen-bond donors (Lipinski definition) is 1. The molecule has 0 radical (unpaired) electrons. The summed E-state index contributed by atoms with van der Waals surface area (Å²) in [5, 5.41) is 11.8. The van der Waals surface area contributed by atoms with Crippen LogP contribution in [-0.4, -0.2) is 19.6 Å². The minimum atomic E-state index is -3.37. The van der Waals surface area contributed by atoms with Gasteiger partial charge in [-0.2, -0.15) is 0 Å². The van der Waals surface area contributed by atoms with Crippen LogP contribution in [0.5, 0.6) is 5.75 Å². The molecule has 0 amide bonds. The van der Waals surface area contributed by atoms with Gasteiger partial charge in [0, 0.05) is 51.0 Å². The van der Waals surface area contributed by atoms with Crippen LogP contribution in [0.25, 0.3) is 83.9 Å². The molecule has 2 aromatic heterocycles. The van der Waals surface area contributed by atoms with E-state index in [2.05, 4.69) is 73.9 Å². The minimum Gasteiger partial charge on any atom is -0.507 e. The Kier molecular flexibility index (Phi) is 9.01. The fourth-order valence-electron chi connectivity index (χ4n) is 8.18. The summed E-state index contributed by atoms with van der Waals surface area (Å²) in [4.78, 5) is 10.3. The van der Waals surface area contributed by atoms with Gasteiger partial charge in [0.25, 0.3) is 0 Å². The van der Waals surface area contributed by atoms with Gasteiger partial charge in [-0.15, -0.1) is 23.8 Å². The van der Waals surface area contributed by atoms with Crippen LogP contribution < -0.4 is 0 Å². The number of benzene rings is 7. The van der Waals surface area contributed by atoms with Crippen LogP contribution >= 0.6 is 0 Å².